The maximum absolute atomic E-state index is 15.1. The average molecular weight is 1750 g/mol. The molecule has 698 valence electrons. The van der Waals surface area contributed by atoms with Gasteiger partial charge in [0, 0.05) is 32.1 Å². The highest BCUT2D eigenvalue weighted by atomic mass is 16.5. The molecule has 0 aromatic carbocycles. The fourth-order valence-corrected chi connectivity index (χ4v) is 13.1. The molecule has 0 aliphatic carbocycles. The van der Waals surface area contributed by atoms with E-state index in [4.69, 9.17) is 27.7 Å². The third-order valence-corrected chi connectivity index (χ3v) is 20.1. The molecule has 1 aliphatic rings. The molecule has 1 aliphatic heterocycles. The maximum Gasteiger partial charge on any atom is 0.329 e. The van der Waals surface area contributed by atoms with E-state index in [0.29, 0.717) is 12.8 Å². The van der Waals surface area contributed by atoms with Crippen LogP contribution in [0.5, 0.6) is 0 Å². The van der Waals surface area contributed by atoms with E-state index >= 15 is 4.79 Å². The average Bonchev–Trinajstić information content (AvgIpc) is 1.20. The Morgan fingerprint density at radius 2 is 0.764 bits per heavy atom. The van der Waals surface area contributed by atoms with Gasteiger partial charge in [-0.25, -0.2) is 4.79 Å². The normalized spacial score (nSPS) is 20.7. The fourth-order valence-electron chi connectivity index (χ4n) is 13.1. The summed E-state index contributed by atoms with van der Waals surface area (Å²) in [6, 6.07) is -22.9. The van der Waals surface area contributed by atoms with E-state index in [2.05, 4.69) is 81.4 Å². The number of primary amides is 4. The molecule has 1 heterocycles. The number of hydrogen-bond acceptors (Lipinski definition) is 22. The molecule has 0 aromatic rings. The third kappa shape index (κ3) is 44.8. The minimum absolute atomic E-state index is 0.0354. The Morgan fingerprint density at radius 3 is 1.17 bits per heavy atom. The van der Waals surface area contributed by atoms with Gasteiger partial charge in [0.25, 0.3) is 0 Å². The number of aliphatic carboxylic acids is 1. The Balaban J connectivity index is 4.15. The smallest absolute Gasteiger partial charge is 0.329 e. The van der Waals surface area contributed by atoms with Gasteiger partial charge < -0.3 is 112 Å². The zero-order valence-corrected chi connectivity index (χ0v) is 74.4. The lowest BCUT2D eigenvalue weighted by molar-refractivity contribution is -0.152. The number of aliphatic hydroxyl groups excluding tert-OH is 1. The van der Waals surface area contributed by atoms with Gasteiger partial charge in [0.15, 0.2) is 0 Å². The van der Waals surface area contributed by atoms with Crippen molar-refractivity contribution in [1.29, 1.82) is 0 Å². The number of carboxylic acids is 1. The first-order valence-electron chi connectivity index (χ1n) is 42.8. The Hall–Kier alpha value is -10.6. The number of carbonyl (C=O) groups is 20. The lowest BCUT2D eigenvalue weighted by Crippen LogP contribution is -2.62. The molecule has 16 atom stereocenters. The van der Waals surface area contributed by atoms with E-state index in [1.807, 2.05) is 0 Å². The van der Waals surface area contributed by atoms with E-state index < -0.39 is 298 Å². The number of nitrogens with two attached hydrogens (primary N) is 4. The number of ether oxygens (including phenoxy) is 1. The molecule has 1 unspecified atom stereocenters. The Labute approximate surface area is 720 Å². The van der Waals surface area contributed by atoms with Crippen LogP contribution in [0.3, 0.4) is 0 Å². The van der Waals surface area contributed by atoms with Crippen LogP contribution in [0.25, 0.3) is 0 Å². The first-order valence-corrected chi connectivity index (χ1v) is 42.8. The van der Waals surface area contributed by atoms with Crippen molar-refractivity contribution >= 4 is 118 Å². The summed E-state index contributed by atoms with van der Waals surface area (Å²) >= 11 is 0. The first-order chi connectivity index (χ1) is 57.4. The van der Waals surface area contributed by atoms with Crippen molar-refractivity contribution in [3.05, 3.63) is 0 Å². The molecular formula is C82H142N18O23. The van der Waals surface area contributed by atoms with Crippen LogP contribution in [0.4, 0.5) is 0 Å². The number of esters is 1. The van der Waals surface area contributed by atoms with Gasteiger partial charge in [-0.15, -0.1) is 0 Å². The first kappa shape index (κ1) is 110. The minimum atomic E-state index is -2.11. The Bertz CT molecular complexity index is 3580. The number of carbonyl (C=O) groups excluding carboxylic acids is 19. The summed E-state index contributed by atoms with van der Waals surface area (Å²) in [7, 11) is 0. The summed E-state index contributed by atoms with van der Waals surface area (Å²) < 4.78 is 5.77. The fraction of sp³-hybridized carbons (Fsp3) is 0.756. The molecule has 41 heteroatoms. The summed E-state index contributed by atoms with van der Waals surface area (Å²) in [4.78, 5) is 278. The molecule has 0 saturated carbocycles. The quantitative estimate of drug-likeness (QED) is 0.0239. The standard InChI is InChI=1S/C82H142N18O23/c1-17-19-20-21-22-23-49(101)39-65(106)88-55(34-41(3)4)75(115)93-54(28-33-66(107)108)71(111)89-50(24-29-61(83)102)70(110)87-48(16)69(109)94-56(35-42(5)6)76(116)91-52(26-31-63(85)104)73(113)98-60-40-123-82(122)68(47(15)18-2)100-74(114)53(27-32-64(86)105)92-77(117)57(36-43(7)8)96-79(119)58(37-44(9)10)95-72(112)51(25-30-62(84)103)90-78(118)59(38-45(11)12)97-81(121)67(46(13)14)99-80(60)120/h41-60,67-68,101H,17-40H2,1-16H3,(H2,83,102)(H2,84,103)(H2,85,104)(H2,86,105)(H,87,110)(H,88,106)(H,89,111)(H,90,118)(H,91,116)(H,92,117)(H,93,115)(H,94,109)(H,95,112)(H,96,119)(H,97,121)(H,98,113)(H,99,120)(H,100,114)(H,107,108)/t47-,48+,49+,50+,51+,52-,53+,54+,55-,56+,57-,58-,59?,60+,67+,68-/m0/s1. The molecule has 1 rings (SSSR count). The van der Waals surface area contributed by atoms with Crippen LogP contribution in [0.15, 0.2) is 0 Å². The molecule has 41 nitrogen and oxygen atoms in total. The second-order valence-electron chi connectivity index (χ2n) is 34.4. The summed E-state index contributed by atoms with van der Waals surface area (Å²) in [5.74, 6) is -24.3. The molecule has 0 aromatic heterocycles. The highest BCUT2D eigenvalue weighted by Gasteiger charge is 2.41. The molecule has 123 heavy (non-hydrogen) atoms. The molecule has 18 amide bonds. The summed E-state index contributed by atoms with van der Waals surface area (Å²) in [5.41, 5.74) is 22.1. The number of aliphatic hydroxyl groups is 1. The second-order valence-corrected chi connectivity index (χ2v) is 34.4. The largest absolute Gasteiger partial charge is 0.481 e. The molecule has 0 radical (unpaired) electrons. The van der Waals surface area contributed by atoms with Crippen LogP contribution in [-0.4, -0.2) is 226 Å². The van der Waals surface area contributed by atoms with Crippen LogP contribution >= 0.6 is 0 Å². The Kier molecular flexibility index (Phi) is 51.1. The molecule has 1 saturated heterocycles. The van der Waals surface area contributed by atoms with E-state index in [0.717, 1.165) is 25.7 Å². The van der Waals surface area contributed by atoms with Crippen molar-refractivity contribution in [2.45, 2.75) is 349 Å². The van der Waals surface area contributed by atoms with E-state index in [1.165, 1.54) is 27.7 Å². The number of hydrogen-bond donors (Lipinski definition) is 20. The van der Waals surface area contributed by atoms with Crippen LogP contribution in [-0.2, 0) is 101 Å². The highest BCUT2D eigenvalue weighted by Crippen LogP contribution is 2.19. The Morgan fingerprint density at radius 1 is 0.398 bits per heavy atom. The lowest BCUT2D eigenvalue weighted by Gasteiger charge is -2.30. The number of amides is 18. The molecule has 0 bridgehead atoms. The summed E-state index contributed by atoms with van der Waals surface area (Å²) in [6.45, 7) is 25.3. The summed E-state index contributed by atoms with van der Waals surface area (Å²) in [6.07, 6.45) is -2.27. The van der Waals surface area contributed by atoms with E-state index in [9.17, 15) is 101 Å². The highest BCUT2D eigenvalue weighted by molar-refractivity contribution is 6.01. The zero-order valence-electron chi connectivity index (χ0n) is 74.4. The van der Waals surface area contributed by atoms with Crippen molar-refractivity contribution in [2.75, 3.05) is 6.61 Å². The third-order valence-electron chi connectivity index (χ3n) is 20.1. The van der Waals surface area contributed by atoms with Crippen molar-refractivity contribution in [3.8, 4) is 0 Å². The minimum Gasteiger partial charge on any atom is -0.481 e. The van der Waals surface area contributed by atoms with E-state index in [-0.39, 0.29) is 68.6 Å². The predicted octanol–water partition coefficient (Wildman–Crippen LogP) is -1.68. The zero-order chi connectivity index (χ0) is 93.8. The maximum atomic E-state index is 15.1. The number of nitrogens with one attached hydrogen (secondary N) is 14. The SMILES string of the molecule is CCCCCCC[C@@H](O)CC(=O)N[C@@H](CC(C)C)C(=O)N[C@H](CCC(=O)O)C(=O)N[C@H](CCC(N)=O)C(=O)N[C@H](C)C(=O)N[C@H](CC(C)C)C(=O)N[C@@H](CCC(N)=O)C(=O)N[C@@H]1COC(=O)[C@H]([C@@H](C)CC)NC(=O)[C@@H](CCC(N)=O)NC(=O)[C@H](CC(C)C)NC(=O)[C@H](CC(C)C)NC(=O)[C@@H](CCC(N)=O)NC(=O)C(CC(C)C)NC(=O)[C@@H](C(C)C)NC1=O. The van der Waals surface area contributed by atoms with Gasteiger partial charge in [-0.3, -0.25) is 91.1 Å². The molecule has 0 spiro atoms. The molecule has 1 fully saturated rings. The van der Waals surface area contributed by atoms with Crippen molar-refractivity contribution < 1.29 is 111 Å². The van der Waals surface area contributed by atoms with Gasteiger partial charge in [-0.2, -0.15) is 0 Å². The van der Waals surface area contributed by atoms with Gasteiger partial charge in [0.1, 0.15) is 91.2 Å². The van der Waals surface area contributed by atoms with Gasteiger partial charge in [0.05, 0.1) is 12.5 Å². The number of rotatable bonds is 49. The van der Waals surface area contributed by atoms with Crippen LogP contribution in [0.2, 0.25) is 0 Å². The van der Waals surface area contributed by atoms with Crippen molar-refractivity contribution in [3.63, 3.8) is 0 Å². The van der Waals surface area contributed by atoms with Gasteiger partial charge in [-0.05, 0) is 119 Å². The number of carboxylic acid groups (broad SMARTS) is 1. The van der Waals surface area contributed by atoms with Crippen LogP contribution in [0.1, 0.15) is 258 Å². The van der Waals surface area contributed by atoms with Crippen molar-refractivity contribution in [2.24, 2.45) is 64.4 Å². The van der Waals surface area contributed by atoms with E-state index in [1.54, 1.807) is 76.2 Å². The molecular weight excluding hydrogens is 1610 g/mol. The van der Waals surface area contributed by atoms with Crippen LogP contribution < -0.4 is 97.4 Å². The second kappa shape index (κ2) is 56.9. The van der Waals surface area contributed by atoms with Crippen LogP contribution in [0, 0.1) is 41.4 Å². The lowest BCUT2D eigenvalue weighted by atomic mass is 9.97. The monoisotopic (exact) mass is 1750 g/mol. The number of cyclic esters (lactones) is 1. The number of unbranched alkanes of at least 4 members (excludes halogenated alkanes) is 4. The topological polar surface area (TPSA) is 664 Å². The van der Waals surface area contributed by atoms with Gasteiger partial charge in [0.2, 0.25) is 106 Å². The van der Waals surface area contributed by atoms with Gasteiger partial charge >= 0.3 is 11.9 Å². The predicted molar refractivity (Wildman–Crippen MR) is 450 cm³/mol. The van der Waals surface area contributed by atoms with Gasteiger partial charge in [-0.1, -0.05) is 142 Å². The summed E-state index contributed by atoms with van der Waals surface area (Å²) in [5, 5.41) is 55.6. The van der Waals surface area contributed by atoms with Crippen molar-refractivity contribution in [1.82, 2.24) is 74.4 Å². The molecule has 24 N–H and O–H groups in total.